The molecule has 122 valence electrons. The van der Waals surface area contributed by atoms with Crippen LogP contribution in [0.25, 0.3) is 11.3 Å². The normalized spacial score (nSPS) is 12.7. The fourth-order valence-electron chi connectivity index (χ4n) is 2.14. The zero-order chi connectivity index (χ0) is 16.9. The van der Waals surface area contributed by atoms with Gasteiger partial charge in [-0.05, 0) is 57.2 Å². The molecule has 0 aliphatic carbocycles. The maximum absolute atomic E-state index is 13.1. The van der Waals surface area contributed by atoms with Crippen molar-refractivity contribution in [2.75, 3.05) is 6.54 Å². The molecule has 2 aromatic rings. The van der Waals surface area contributed by atoms with Crippen molar-refractivity contribution in [2.24, 2.45) is 0 Å². The fourth-order valence-corrected chi connectivity index (χ4v) is 2.51. The Morgan fingerprint density at radius 3 is 2.52 bits per heavy atom. The first kappa shape index (κ1) is 17.5. The summed E-state index contributed by atoms with van der Waals surface area (Å²) in [7, 11) is 0. The van der Waals surface area contributed by atoms with E-state index in [4.69, 9.17) is 0 Å². The lowest BCUT2D eigenvalue weighted by atomic mass is 10.0. The molecular weight excluding hydrogens is 311 g/mol. The van der Waals surface area contributed by atoms with Gasteiger partial charge in [0.25, 0.3) is 0 Å². The highest BCUT2D eigenvalue weighted by Crippen LogP contribution is 2.20. The highest BCUT2D eigenvalue weighted by Gasteiger charge is 2.16. The summed E-state index contributed by atoms with van der Waals surface area (Å²) in [5.41, 5.74) is 2.42. The lowest BCUT2D eigenvalue weighted by Gasteiger charge is -2.23. The Morgan fingerprint density at radius 1 is 1.22 bits per heavy atom. The van der Waals surface area contributed by atoms with Gasteiger partial charge in [0.1, 0.15) is 5.82 Å². The minimum Gasteiger partial charge on any atom is -0.311 e. The Hall–Kier alpha value is -1.85. The highest BCUT2D eigenvalue weighted by molar-refractivity contribution is 7.64. The van der Waals surface area contributed by atoms with Gasteiger partial charge in [0.05, 0.1) is 22.6 Å². The van der Waals surface area contributed by atoms with Crippen LogP contribution in [0.1, 0.15) is 32.4 Å². The van der Waals surface area contributed by atoms with Gasteiger partial charge in [0.15, 0.2) is 0 Å². The van der Waals surface area contributed by atoms with Crippen LogP contribution in [0.2, 0.25) is 0 Å². The standard InChI is InChI=1S/C18H21FN2OS/c1-18(2,3)20-11-14(12-23-22)17-6-4-5-16(21-17)13-7-9-15(19)10-8-13/h4-10,12,14,20H,11H2,1-3H3. The molecule has 1 unspecified atom stereocenters. The van der Waals surface area contributed by atoms with E-state index in [-0.39, 0.29) is 17.3 Å². The molecular formula is C18H21FN2OS. The van der Waals surface area contributed by atoms with E-state index in [0.717, 1.165) is 17.0 Å². The van der Waals surface area contributed by atoms with E-state index in [9.17, 15) is 8.60 Å². The molecule has 0 aliphatic heterocycles. The first-order chi connectivity index (χ1) is 10.9. The average Bonchev–Trinajstić information content (AvgIpc) is 2.51. The lowest BCUT2D eigenvalue weighted by Crippen LogP contribution is -2.39. The fraction of sp³-hybridized carbons (Fsp3) is 0.333. The van der Waals surface area contributed by atoms with Crippen LogP contribution in [0.3, 0.4) is 0 Å². The Balaban J connectivity index is 2.28. The molecule has 0 aliphatic rings. The Kier molecular flexibility index (Phi) is 5.80. The van der Waals surface area contributed by atoms with E-state index < -0.39 is 0 Å². The third kappa shape index (κ3) is 5.37. The van der Waals surface area contributed by atoms with Crippen LogP contribution in [0.15, 0.2) is 42.5 Å². The monoisotopic (exact) mass is 332 g/mol. The molecule has 1 aromatic carbocycles. The van der Waals surface area contributed by atoms with Gasteiger partial charge in [0.2, 0.25) is 0 Å². The molecule has 0 fully saturated rings. The molecule has 0 bridgehead atoms. The Morgan fingerprint density at radius 2 is 1.91 bits per heavy atom. The number of nitrogens with one attached hydrogen (secondary N) is 1. The van der Waals surface area contributed by atoms with Gasteiger partial charge in [-0.3, -0.25) is 4.98 Å². The van der Waals surface area contributed by atoms with Crippen molar-refractivity contribution in [3.63, 3.8) is 0 Å². The number of rotatable bonds is 5. The second-order valence-corrected chi connectivity index (χ2v) is 6.89. The van der Waals surface area contributed by atoms with Gasteiger partial charge in [-0.2, -0.15) is 0 Å². The van der Waals surface area contributed by atoms with Gasteiger partial charge in [0, 0.05) is 28.9 Å². The van der Waals surface area contributed by atoms with Crippen LogP contribution in [0.4, 0.5) is 4.39 Å². The van der Waals surface area contributed by atoms with Gasteiger partial charge in [-0.15, -0.1) is 0 Å². The smallest absolute Gasteiger partial charge is 0.123 e. The predicted octanol–water partition coefficient (Wildman–Crippen LogP) is 3.37. The minimum absolute atomic E-state index is 0.0335. The summed E-state index contributed by atoms with van der Waals surface area (Å²) >= 11 is 0.454. The third-order valence-corrected chi connectivity index (χ3v) is 3.80. The maximum atomic E-state index is 13.1. The molecule has 2 rings (SSSR count). The van der Waals surface area contributed by atoms with Gasteiger partial charge < -0.3 is 5.32 Å². The van der Waals surface area contributed by atoms with E-state index in [1.165, 1.54) is 12.1 Å². The number of aromatic nitrogens is 1. The van der Waals surface area contributed by atoms with Crippen molar-refractivity contribution in [3.05, 3.63) is 54.0 Å². The van der Waals surface area contributed by atoms with Crippen LogP contribution < -0.4 is 5.32 Å². The summed E-state index contributed by atoms with van der Waals surface area (Å²) in [6.07, 6.45) is 0. The first-order valence-electron chi connectivity index (χ1n) is 7.49. The quantitative estimate of drug-likeness (QED) is 0.854. The molecule has 0 amide bonds. The minimum atomic E-state index is -0.270. The second kappa shape index (κ2) is 7.62. The van der Waals surface area contributed by atoms with Crippen molar-refractivity contribution in [2.45, 2.75) is 32.2 Å². The number of hydrogen-bond acceptors (Lipinski definition) is 3. The Labute approximate surface area is 140 Å². The summed E-state index contributed by atoms with van der Waals surface area (Å²) in [4.78, 5) is 4.65. The highest BCUT2D eigenvalue weighted by atomic mass is 32.1. The summed E-state index contributed by atoms with van der Waals surface area (Å²) in [6.45, 7) is 6.88. The molecule has 3 nitrogen and oxygen atoms in total. The number of halogens is 1. The largest absolute Gasteiger partial charge is 0.311 e. The van der Waals surface area contributed by atoms with Crippen LogP contribution in [0, 0.1) is 5.82 Å². The molecule has 1 N–H and O–H groups in total. The zero-order valence-corrected chi connectivity index (χ0v) is 14.4. The second-order valence-electron chi connectivity index (χ2n) is 6.42. The van der Waals surface area contributed by atoms with Crippen LogP contribution in [-0.4, -0.2) is 26.6 Å². The first-order valence-corrected chi connectivity index (χ1v) is 8.29. The molecule has 1 aromatic heterocycles. The molecule has 1 atom stereocenters. The summed E-state index contributed by atoms with van der Waals surface area (Å²) in [6, 6.07) is 12.0. The number of nitrogens with zero attached hydrogens (tertiary/aromatic N) is 1. The molecule has 0 saturated carbocycles. The summed E-state index contributed by atoms with van der Waals surface area (Å²) in [5.74, 6) is -0.356. The third-order valence-electron chi connectivity index (χ3n) is 3.36. The zero-order valence-electron chi connectivity index (χ0n) is 13.5. The van der Waals surface area contributed by atoms with E-state index >= 15 is 0 Å². The van der Waals surface area contributed by atoms with Gasteiger partial charge in [-0.1, -0.05) is 6.07 Å². The van der Waals surface area contributed by atoms with Crippen molar-refractivity contribution in [1.29, 1.82) is 0 Å². The van der Waals surface area contributed by atoms with Crippen LogP contribution >= 0.6 is 0 Å². The van der Waals surface area contributed by atoms with Crippen molar-refractivity contribution >= 4 is 16.6 Å². The molecule has 5 heteroatoms. The Bertz CT molecular complexity index is 704. The summed E-state index contributed by atoms with van der Waals surface area (Å²) < 4.78 is 24.0. The van der Waals surface area contributed by atoms with Crippen LogP contribution in [-0.2, 0) is 11.3 Å². The van der Waals surface area contributed by atoms with E-state index in [0.29, 0.717) is 17.8 Å². The van der Waals surface area contributed by atoms with Gasteiger partial charge >= 0.3 is 0 Å². The molecule has 0 radical (unpaired) electrons. The van der Waals surface area contributed by atoms with E-state index in [2.05, 4.69) is 31.1 Å². The lowest BCUT2D eigenvalue weighted by molar-refractivity contribution is 0.424. The summed E-state index contributed by atoms with van der Waals surface area (Å²) in [5, 5.41) is 5.05. The molecule has 1 heterocycles. The van der Waals surface area contributed by atoms with E-state index in [1.807, 2.05) is 18.2 Å². The topological polar surface area (TPSA) is 42.0 Å². The number of benzene rings is 1. The predicted molar refractivity (Wildman–Crippen MR) is 94.3 cm³/mol. The average molecular weight is 332 g/mol. The van der Waals surface area contributed by atoms with Crippen molar-refractivity contribution in [1.82, 2.24) is 10.3 Å². The number of hydrogen-bond donors (Lipinski definition) is 1. The van der Waals surface area contributed by atoms with Crippen molar-refractivity contribution in [3.8, 4) is 11.3 Å². The maximum Gasteiger partial charge on any atom is 0.123 e. The van der Waals surface area contributed by atoms with Crippen molar-refractivity contribution < 1.29 is 8.60 Å². The van der Waals surface area contributed by atoms with Crippen LogP contribution in [0.5, 0.6) is 0 Å². The molecule has 0 saturated heterocycles. The number of pyridine rings is 1. The van der Waals surface area contributed by atoms with E-state index in [1.54, 1.807) is 17.5 Å². The SMILES string of the molecule is CC(C)(C)NCC(C=S=O)c1cccc(-c2ccc(F)cc2)n1. The molecule has 0 spiro atoms. The molecule has 23 heavy (non-hydrogen) atoms. The van der Waals surface area contributed by atoms with Gasteiger partial charge in [-0.25, -0.2) is 8.60 Å².